The molecule has 0 amide bonds. The van der Waals surface area contributed by atoms with Crippen molar-refractivity contribution in [3.8, 4) is 16.6 Å². The number of hydrogen-bond acceptors (Lipinski definition) is 7. The Balaban J connectivity index is 1.84. The lowest BCUT2D eigenvalue weighted by Gasteiger charge is -2.02. The molecule has 0 atom stereocenters. The van der Waals surface area contributed by atoms with Crippen LogP contribution in [0.5, 0.6) is 5.88 Å². The van der Waals surface area contributed by atoms with Gasteiger partial charge in [-0.2, -0.15) is 0 Å². The highest BCUT2D eigenvalue weighted by atomic mass is 32.1. The van der Waals surface area contributed by atoms with Crippen LogP contribution in [-0.2, 0) is 17.9 Å². The average Bonchev–Trinajstić information content (AvgIpc) is 3.26. The third-order valence-corrected chi connectivity index (χ3v) is 4.38. The number of nitrogens with one attached hydrogen (secondary N) is 1. The molecule has 0 bridgehead atoms. The molecular formula is C14H18N4O2S. The van der Waals surface area contributed by atoms with Crippen molar-refractivity contribution in [2.45, 2.75) is 32.0 Å². The van der Waals surface area contributed by atoms with Crippen LogP contribution in [0.25, 0.3) is 10.7 Å². The number of nitrogens with zero attached hydrogens (tertiary/aromatic N) is 3. The Morgan fingerprint density at radius 2 is 2.19 bits per heavy atom. The number of thiazole rings is 1. The van der Waals surface area contributed by atoms with Crippen molar-refractivity contribution in [2.75, 3.05) is 14.2 Å². The molecule has 0 unspecified atom stereocenters. The van der Waals surface area contributed by atoms with E-state index in [9.17, 15) is 0 Å². The summed E-state index contributed by atoms with van der Waals surface area (Å²) in [6.07, 6.45) is 4.04. The van der Waals surface area contributed by atoms with Gasteiger partial charge in [0.05, 0.1) is 19.4 Å². The quantitative estimate of drug-likeness (QED) is 0.844. The van der Waals surface area contributed by atoms with Gasteiger partial charge in [0.15, 0.2) is 0 Å². The maximum absolute atomic E-state index is 5.24. The topological polar surface area (TPSA) is 69.2 Å². The molecule has 2 aromatic rings. The first-order valence-electron chi connectivity index (χ1n) is 6.87. The molecule has 7 heteroatoms. The molecule has 1 aliphatic rings. The van der Waals surface area contributed by atoms with Crippen molar-refractivity contribution < 1.29 is 9.47 Å². The van der Waals surface area contributed by atoms with Gasteiger partial charge in [0.1, 0.15) is 17.0 Å². The van der Waals surface area contributed by atoms with Crippen LogP contribution in [0.1, 0.15) is 23.4 Å². The first-order chi connectivity index (χ1) is 10.3. The highest BCUT2D eigenvalue weighted by Gasteiger charge is 2.22. The lowest BCUT2D eigenvalue weighted by atomic mass is 10.3. The maximum Gasteiger partial charge on any atom is 0.216 e. The molecule has 1 saturated carbocycles. The smallest absolute Gasteiger partial charge is 0.216 e. The fourth-order valence-corrected chi connectivity index (χ4v) is 2.96. The zero-order chi connectivity index (χ0) is 14.7. The molecule has 2 heterocycles. The molecule has 21 heavy (non-hydrogen) atoms. The molecule has 3 rings (SSSR count). The fourth-order valence-electron chi connectivity index (χ4n) is 1.97. The average molecular weight is 306 g/mol. The molecule has 0 aliphatic heterocycles. The van der Waals surface area contributed by atoms with E-state index in [1.807, 2.05) is 0 Å². The van der Waals surface area contributed by atoms with Gasteiger partial charge in [0.2, 0.25) is 5.88 Å². The third kappa shape index (κ3) is 3.55. The van der Waals surface area contributed by atoms with Crippen LogP contribution in [-0.4, -0.2) is 35.2 Å². The number of hydrogen-bond donors (Lipinski definition) is 1. The molecule has 1 aliphatic carbocycles. The second kappa shape index (κ2) is 6.46. The first kappa shape index (κ1) is 14.4. The molecule has 0 saturated heterocycles. The summed E-state index contributed by atoms with van der Waals surface area (Å²) in [7, 11) is 3.28. The minimum Gasteiger partial charge on any atom is -0.481 e. The van der Waals surface area contributed by atoms with E-state index in [2.05, 4.69) is 20.3 Å². The molecule has 1 fully saturated rings. The number of methoxy groups -OCH3 is 2. The maximum atomic E-state index is 5.24. The molecule has 0 spiro atoms. The Morgan fingerprint density at radius 1 is 1.33 bits per heavy atom. The minimum atomic E-state index is 0.514. The predicted octanol–water partition coefficient (Wildman–Crippen LogP) is 2.01. The van der Waals surface area contributed by atoms with Crippen molar-refractivity contribution in [3.05, 3.63) is 23.0 Å². The second-order valence-corrected chi connectivity index (χ2v) is 6.01. The van der Waals surface area contributed by atoms with Gasteiger partial charge in [0.25, 0.3) is 0 Å². The lowest BCUT2D eigenvalue weighted by Crippen LogP contribution is -2.15. The zero-order valence-electron chi connectivity index (χ0n) is 12.1. The third-order valence-electron chi connectivity index (χ3n) is 3.26. The minimum absolute atomic E-state index is 0.514. The molecule has 0 aromatic carbocycles. The fraction of sp³-hybridized carbons (Fsp3) is 0.500. The van der Waals surface area contributed by atoms with Crippen LogP contribution in [0.4, 0.5) is 0 Å². The van der Waals surface area contributed by atoms with E-state index in [-0.39, 0.29) is 0 Å². The van der Waals surface area contributed by atoms with Gasteiger partial charge in [-0.05, 0) is 12.8 Å². The van der Waals surface area contributed by atoms with E-state index < -0.39 is 0 Å². The highest BCUT2D eigenvalue weighted by Crippen LogP contribution is 2.29. The Morgan fingerprint density at radius 3 is 2.90 bits per heavy atom. The summed E-state index contributed by atoms with van der Waals surface area (Å²) in [5, 5.41) is 4.39. The molecule has 112 valence electrons. The van der Waals surface area contributed by atoms with Gasteiger partial charge in [-0.15, -0.1) is 11.3 Å². The molecule has 6 nitrogen and oxygen atoms in total. The summed E-state index contributed by atoms with van der Waals surface area (Å²) in [5.41, 5.74) is 1.75. The van der Waals surface area contributed by atoms with E-state index in [4.69, 9.17) is 9.47 Å². The second-order valence-electron chi connectivity index (χ2n) is 4.92. The summed E-state index contributed by atoms with van der Waals surface area (Å²) in [6.45, 7) is 1.35. The van der Waals surface area contributed by atoms with Crippen LogP contribution in [0.15, 0.2) is 12.4 Å². The van der Waals surface area contributed by atoms with Crippen molar-refractivity contribution in [2.24, 2.45) is 0 Å². The van der Waals surface area contributed by atoms with Crippen molar-refractivity contribution in [1.29, 1.82) is 0 Å². The van der Waals surface area contributed by atoms with Crippen molar-refractivity contribution in [1.82, 2.24) is 20.3 Å². The Hall–Kier alpha value is -1.57. The number of ether oxygens (including phenoxy) is 2. The van der Waals surface area contributed by atoms with Gasteiger partial charge in [-0.1, -0.05) is 0 Å². The summed E-state index contributed by atoms with van der Waals surface area (Å²) in [5.74, 6) is 0.543. The summed E-state index contributed by atoms with van der Waals surface area (Å²) in [6, 6.07) is 2.47. The Labute approximate surface area is 127 Å². The monoisotopic (exact) mass is 306 g/mol. The van der Waals surface area contributed by atoms with E-state index in [0.29, 0.717) is 18.5 Å². The zero-order valence-corrected chi connectivity index (χ0v) is 12.9. The van der Waals surface area contributed by atoms with Crippen LogP contribution < -0.4 is 10.1 Å². The predicted molar refractivity (Wildman–Crippen MR) is 80.3 cm³/mol. The standard InChI is InChI=1S/C14H18N4O2S/c1-19-7-11-12(6-15-9-3-4-9)21-14(18-11)10-5-13(20-2)17-8-16-10/h5,8-9,15H,3-4,6-7H2,1-2H3. The first-order valence-corrected chi connectivity index (χ1v) is 7.69. The van der Waals surface area contributed by atoms with Gasteiger partial charge in [0, 0.05) is 30.6 Å². The number of aromatic nitrogens is 3. The lowest BCUT2D eigenvalue weighted by molar-refractivity contribution is 0.181. The van der Waals surface area contributed by atoms with E-state index in [1.165, 1.54) is 24.0 Å². The molecule has 2 aromatic heterocycles. The van der Waals surface area contributed by atoms with E-state index in [0.717, 1.165) is 22.9 Å². The van der Waals surface area contributed by atoms with Crippen molar-refractivity contribution >= 4 is 11.3 Å². The van der Waals surface area contributed by atoms with E-state index in [1.54, 1.807) is 31.6 Å². The van der Waals surface area contributed by atoms with Crippen LogP contribution in [0, 0.1) is 0 Å². The van der Waals surface area contributed by atoms with Crippen LogP contribution in [0.3, 0.4) is 0 Å². The van der Waals surface area contributed by atoms with Gasteiger partial charge in [-0.3, -0.25) is 0 Å². The summed E-state index contributed by atoms with van der Waals surface area (Å²) < 4.78 is 10.4. The SMILES string of the molecule is COCc1nc(-c2cc(OC)ncn2)sc1CNC1CC1. The summed E-state index contributed by atoms with van der Waals surface area (Å²) in [4.78, 5) is 14.2. The highest BCUT2D eigenvalue weighted by molar-refractivity contribution is 7.15. The van der Waals surface area contributed by atoms with Crippen LogP contribution in [0.2, 0.25) is 0 Å². The normalized spacial score (nSPS) is 14.4. The van der Waals surface area contributed by atoms with Crippen LogP contribution >= 0.6 is 11.3 Å². The van der Waals surface area contributed by atoms with Gasteiger partial charge >= 0.3 is 0 Å². The molecule has 1 N–H and O–H groups in total. The van der Waals surface area contributed by atoms with Crippen molar-refractivity contribution in [3.63, 3.8) is 0 Å². The Bertz CT molecular complexity index is 613. The van der Waals surface area contributed by atoms with Gasteiger partial charge < -0.3 is 14.8 Å². The molecule has 0 radical (unpaired) electrons. The van der Waals surface area contributed by atoms with Gasteiger partial charge in [-0.25, -0.2) is 15.0 Å². The number of rotatable bonds is 7. The summed E-state index contributed by atoms with van der Waals surface area (Å²) >= 11 is 1.64. The Kier molecular flexibility index (Phi) is 4.42. The molecular weight excluding hydrogens is 288 g/mol. The largest absolute Gasteiger partial charge is 0.481 e. The van der Waals surface area contributed by atoms with E-state index >= 15 is 0 Å².